The first-order chi connectivity index (χ1) is 13.7. The van der Waals surface area contributed by atoms with Crippen molar-refractivity contribution in [1.29, 1.82) is 0 Å². The predicted molar refractivity (Wildman–Crippen MR) is 110 cm³/mol. The Bertz CT molecular complexity index is 910. The molecule has 0 aliphatic carbocycles. The number of para-hydroxylation sites is 1. The highest BCUT2D eigenvalue weighted by Crippen LogP contribution is 2.20. The van der Waals surface area contributed by atoms with Crippen LogP contribution < -0.4 is 10.2 Å². The number of rotatable bonds is 4. The standard InChI is InChI=1S/C22H25N5O/c1-17-11-13-19(14-12-17)26(22(28)23-18-8-4-2-5-9-18)16-20-24-21-10-6-3-7-15-27(21)25-20/h2,4-5,8-9,11-14H,3,6-7,10,15-16H2,1H3,(H,23,28). The van der Waals surface area contributed by atoms with Gasteiger partial charge in [0, 0.05) is 24.3 Å². The monoisotopic (exact) mass is 375 g/mol. The second kappa shape index (κ2) is 8.25. The Morgan fingerprint density at radius 3 is 2.64 bits per heavy atom. The van der Waals surface area contributed by atoms with Crippen LogP contribution in [0, 0.1) is 6.92 Å². The number of nitrogens with one attached hydrogen (secondary N) is 1. The third kappa shape index (κ3) is 4.22. The van der Waals surface area contributed by atoms with E-state index in [4.69, 9.17) is 4.98 Å². The third-order valence-corrected chi connectivity index (χ3v) is 4.98. The highest BCUT2D eigenvalue weighted by atomic mass is 16.2. The van der Waals surface area contributed by atoms with E-state index in [-0.39, 0.29) is 6.03 Å². The quantitative estimate of drug-likeness (QED) is 0.727. The minimum absolute atomic E-state index is 0.194. The van der Waals surface area contributed by atoms with Crippen LogP contribution >= 0.6 is 0 Å². The molecule has 2 amide bonds. The van der Waals surface area contributed by atoms with E-state index < -0.39 is 0 Å². The Morgan fingerprint density at radius 2 is 1.86 bits per heavy atom. The van der Waals surface area contributed by atoms with Gasteiger partial charge in [-0.1, -0.05) is 42.3 Å². The summed E-state index contributed by atoms with van der Waals surface area (Å²) >= 11 is 0. The minimum atomic E-state index is -0.194. The Labute approximate surface area is 165 Å². The van der Waals surface area contributed by atoms with Crippen molar-refractivity contribution in [2.45, 2.75) is 45.7 Å². The highest BCUT2D eigenvalue weighted by Gasteiger charge is 2.20. The Balaban J connectivity index is 1.59. The summed E-state index contributed by atoms with van der Waals surface area (Å²) in [5.74, 6) is 1.71. The van der Waals surface area contributed by atoms with Crippen LogP contribution in [0.1, 0.15) is 36.5 Å². The molecule has 0 radical (unpaired) electrons. The molecule has 3 aromatic rings. The number of aromatic nitrogens is 3. The van der Waals surface area contributed by atoms with Crippen LogP contribution in [0.2, 0.25) is 0 Å². The smallest absolute Gasteiger partial charge is 0.308 e. The van der Waals surface area contributed by atoms with Gasteiger partial charge in [-0.25, -0.2) is 14.5 Å². The van der Waals surface area contributed by atoms with Gasteiger partial charge in [-0.2, -0.15) is 5.10 Å². The summed E-state index contributed by atoms with van der Waals surface area (Å²) < 4.78 is 2.00. The van der Waals surface area contributed by atoms with E-state index in [1.807, 2.05) is 66.2 Å². The molecule has 6 nitrogen and oxygen atoms in total. The molecular formula is C22H25N5O. The zero-order valence-corrected chi connectivity index (χ0v) is 16.1. The number of carbonyl (C=O) groups is 1. The largest absolute Gasteiger partial charge is 0.326 e. The number of benzene rings is 2. The van der Waals surface area contributed by atoms with Crippen molar-refractivity contribution in [3.8, 4) is 0 Å². The normalized spacial score (nSPS) is 13.5. The van der Waals surface area contributed by atoms with E-state index in [1.165, 1.54) is 6.42 Å². The second-order valence-corrected chi connectivity index (χ2v) is 7.20. The molecule has 0 saturated heterocycles. The average molecular weight is 375 g/mol. The predicted octanol–water partition coefficient (Wildman–Crippen LogP) is 4.55. The molecule has 4 rings (SSSR count). The topological polar surface area (TPSA) is 63.1 Å². The number of nitrogens with zero attached hydrogens (tertiary/aromatic N) is 4. The van der Waals surface area contributed by atoms with E-state index in [0.717, 1.165) is 48.6 Å². The van der Waals surface area contributed by atoms with Crippen molar-refractivity contribution in [2.24, 2.45) is 0 Å². The highest BCUT2D eigenvalue weighted by molar-refractivity contribution is 6.01. The molecule has 0 fully saturated rings. The van der Waals surface area contributed by atoms with Crippen molar-refractivity contribution in [1.82, 2.24) is 14.8 Å². The zero-order valence-electron chi connectivity index (χ0n) is 16.1. The number of fused-ring (bicyclic) bond motifs is 1. The summed E-state index contributed by atoms with van der Waals surface area (Å²) in [7, 11) is 0. The molecule has 0 atom stereocenters. The summed E-state index contributed by atoms with van der Waals surface area (Å²) in [6.45, 7) is 3.27. The molecule has 1 aromatic heterocycles. The summed E-state index contributed by atoms with van der Waals surface area (Å²) in [6.07, 6.45) is 4.45. The summed E-state index contributed by atoms with van der Waals surface area (Å²) in [4.78, 5) is 19.5. The third-order valence-electron chi connectivity index (χ3n) is 4.98. The lowest BCUT2D eigenvalue weighted by atomic mass is 10.2. The molecule has 1 aliphatic rings. The molecule has 1 N–H and O–H groups in total. The van der Waals surface area contributed by atoms with E-state index in [0.29, 0.717) is 12.4 Å². The van der Waals surface area contributed by atoms with Crippen LogP contribution in [0.25, 0.3) is 0 Å². The second-order valence-electron chi connectivity index (χ2n) is 7.20. The van der Waals surface area contributed by atoms with Crippen molar-refractivity contribution in [2.75, 3.05) is 10.2 Å². The molecule has 2 aromatic carbocycles. The molecule has 0 bridgehead atoms. The van der Waals surface area contributed by atoms with Crippen LogP contribution in [-0.4, -0.2) is 20.8 Å². The van der Waals surface area contributed by atoms with Crippen LogP contribution in [0.4, 0.5) is 16.2 Å². The van der Waals surface area contributed by atoms with Gasteiger partial charge in [-0.3, -0.25) is 4.90 Å². The fourth-order valence-electron chi connectivity index (χ4n) is 3.44. The Morgan fingerprint density at radius 1 is 1.07 bits per heavy atom. The summed E-state index contributed by atoms with van der Waals surface area (Å²) in [5, 5.41) is 7.64. The first kappa shape index (κ1) is 18.2. The van der Waals surface area contributed by atoms with Crippen molar-refractivity contribution in [3.63, 3.8) is 0 Å². The van der Waals surface area contributed by atoms with Gasteiger partial charge < -0.3 is 5.32 Å². The number of carbonyl (C=O) groups excluding carboxylic acids is 1. The van der Waals surface area contributed by atoms with Gasteiger partial charge in [0.05, 0.1) is 6.54 Å². The SMILES string of the molecule is Cc1ccc(N(Cc2nc3n(n2)CCCCC3)C(=O)Nc2ccccc2)cc1. The molecule has 1 aliphatic heterocycles. The van der Waals surface area contributed by atoms with Gasteiger partial charge in [-0.15, -0.1) is 0 Å². The number of anilines is 2. The maximum absolute atomic E-state index is 13.1. The molecular weight excluding hydrogens is 350 g/mol. The van der Waals surface area contributed by atoms with Crippen molar-refractivity contribution in [3.05, 3.63) is 71.8 Å². The van der Waals surface area contributed by atoms with Gasteiger partial charge in [0.15, 0.2) is 5.82 Å². The van der Waals surface area contributed by atoms with E-state index >= 15 is 0 Å². The molecule has 2 heterocycles. The number of aryl methyl sites for hydroxylation is 3. The molecule has 6 heteroatoms. The number of amides is 2. The van der Waals surface area contributed by atoms with E-state index in [1.54, 1.807) is 4.90 Å². The number of hydrogen-bond acceptors (Lipinski definition) is 3. The van der Waals surface area contributed by atoms with Crippen LogP contribution in [0.5, 0.6) is 0 Å². The fraction of sp³-hybridized carbons (Fsp3) is 0.318. The van der Waals surface area contributed by atoms with Crippen molar-refractivity contribution >= 4 is 17.4 Å². The average Bonchev–Trinajstić information content (AvgIpc) is 2.96. The summed E-state index contributed by atoms with van der Waals surface area (Å²) in [5.41, 5.74) is 2.74. The van der Waals surface area contributed by atoms with Gasteiger partial charge >= 0.3 is 6.03 Å². The Hall–Kier alpha value is -3.15. The van der Waals surface area contributed by atoms with Gasteiger partial charge in [0.2, 0.25) is 0 Å². The van der Waals surface area contributed by atoms with E-state index in [2.05, 4.69) is 10.4 Å². The molecule has 144 valence electrons. The number of urea groups is 1. The lowest BCUT2D eigenvalue weighted by Gasteiger charge is -2.22. The van der Waals surface area contributed by atoms with Crippen LogP contribution in [0.15, 0.2) is 54.6 Å². The molecule has 28 heavy (non-hydrogen) atoms. The van der Waals surface area contributed by atoms with Gasteiger partial charge in [-0.05, 0) is 44.0 Å². The number of hydrogen-bond donors (Lipinski definition) is 1. The molecule has 0 unspecified atom stereocenters. The molecule has 0 spiro atoms. The molecule has 0 saturated carbocycles. The zero-order chi connectivity index (χ0) is 19.3. The van der Waals surface area contributed by atoms with Crippen molar-refractivity contribution < 1.29 is 4.79 Å². The first-order valence-electron chi connectivity index (χ1n) is 9.82. The van der Waals surface area contributed by atoms with Crippen LogP contribution in [-0.2, 0) is 19.5 Å². The maximum atomic E-state index is 13.1. The first-order valence-corrected chi connectivity index (χ1v) is 9.82. The lowest BCUT2D eigenvalue weighted by molar-refractivity contribution is 0.256. The Kier molecular flexibility index (Phi) is 5.37. The fourth-order valence-corrected chi connectivity index (χ4v) is 3.44. The minimum Gasteiger partial charge on any atom is -0.308 e. The van der Waals surface area contributed by atoms with Crippen LogP contribution in [0.3, 0.4) is 0 Å². The van der Waals surface area contributed by atoms with E-state index in [9.17, 15) is 4.79 Å². The maximum Gasteiger partial charge on any atom is 0.326 e. The van der Waals surface area contributed by atoms with Gasteiger partial charge in [0.25, 0.3) is 0 Å². The summed E-state index contributed by atoms with van der Waals surface area (Å²) in [6, 6.07) is 17.2. The lowest BCUT2D eigenvalue weighted by Crippen LogP contribution is -2.35. The van der Waals surface area contributed by atoms with Gasteiger partial charge in [0.1, 0.15) is 5.82 Å².